The van der Waals surface area contributed by atoms with Crippen LogP contribution in [-0.2, 0) is 4.79 Å². The SMILES string of the molecule is CCC(=O)NC(=S)Nc1ccc2[nH]c(=O)[nH]c2c1. The van der Waals surface area contributed by atoms with E-state index in [1.54, 1.807) is 25.1 Å². The zero-order valence-corrected chi connectivity index (χ0v) is 10.5. The molecule has 0 unspecified atom stereocenters. The number of carbonyl (C=O) groups excluding carboxylic acids is 1. The first kappa shape index (κ1) is 12.3. The average molecular weight is 264 g/mol. The van der Waals surface area contributed by atoms with E-state index in [1.807, 2.05) is 0 Å². The van der Waals surface area contributed by atoms with E-state index in [1.165, 1.54) is 0 Å². The number of benzene rings is 1. The maximum absolute atomic E-state index is 11.1. The monoisotopic (exact) mass is 264 g/mol. The summed E-state index contributed by atoms with van der Waals surface area (Å²) in [5.74, 6) is -0.149. The highest BCUT2D eigenvalue weighted by Crippen LogP contribution is 2.14. The number of imidazole rings is 1. The molecule has 1 aromatic heterocycles. The summed E-state index contributed by atoms with van der Waals surface area (Å²) >= 11 is 4.98. The van der Waals surface area contributed by atoms with E-state index in [0.29, 0.717) is 23.1 Å². The van der Waals surface area contributed by atoms with Crippen molar-refractivity contribution in [3.8, 4) is 0 Å². The van der Waals surface area contributed by atoms with E-state index >= 15 is 0 Å². The molecular formula is C11H12N4O2S. The molecule has 6 nitrogen and oxygen atoms in total. The Morgan fingerprint density at radius 3 is 2.78 bits per heavy atom. The fraction of sp³-hybridized carbons (Fsp3) is 0.182. The van der Waals surface area contributed by atoms with Crippen LogP contribution < -0.4 is 16.3 Å². The van der Waals surface area contributed by atoms with Crippen LogP contribution in [0.2, 0.25) is 0 Å². The Hall–Kier alpha value is -2.15. The van der Waals surface area contributed by atoms with Gasteiger partial charge in [0.05, 0.1) is 11.0 Å². The van der Waals surface area contributed by atoms with Crippen LogP contribution in [0.15, 0.2) is 23.0 Å². The van der Waals surface area contributed by atoms with E-state index in [0.717, 1.165) is 0 Å². The zero-order chi connectivity index (χ0) is 13.1. The predicted molar refractivity (Wildman–Crippen MR) is 73.6 cm³/mol. The van der Waals surface area contributed by atoms with Gasteiger partial charge in [-0.2, -0.15) is 0 Å². The standard InChI is InChI=1S/C11H12N4O2S/c1-2-9(16)15-11(18)12-6-3-4-7-8(5-6)14-10(17)13-7/h3-5H,2H2,1H3,(H2,13,14,17)(H2,12,15,16,18). The average Bonchev–Trinajstić information content (AvgIpc) is 2.68. The largest absolute Gasteiger partial charge is 0.332 e. The molecule has 0 fully saturated rings. The van der Waals surface area contributed by atoms with Crippen molar-refractivity contribution in [3.63, 3.8) is 0 Å². The van der Waals surface area contributed by atoms with Crippen LogP contribution >= 0.6 is 12.2 Å². The van der Waals surface area contributed by atoms with Crippen LogP contribution in [0.3, 0.4) is 0 Å². The van der Waals surface area contributed by atoms with Crippen LogP contribution in [0, 0.1) is 0 Å². The molecule has 0 aliphatic heterocycles. The number of thiocarbonyl (C=S) groups is 1. The number of fused-ring (bicyclic) bond motifs is 1. The summed E-state index contributed by atoms with van der Waals surface area (Å²) in [5, 5.41) is 5.64. The van der Waals surface area contributed by atoms with E-state index in [9.17, 15) is 9.59 Å². The van der Waals surface area contributed by atoms with Gasteiger partial charge >= 0.3 is 5.69 Å². The quantitative estimate of drug-likeness (QED) is 0.611. The summed E-state index contributed by atoms with van der Waals surface area (Å²) in [5.41, 5.74) is 1.83. The highest BCUT2D eigenvalue weighted by atomic mass is 32.1. The molecule has 0 radical (unpaired) electrons. The Balaban J connectivity index is 2.14. The molecule has 94 valence electrons. The highest BCUT2D eigenvalue weighted by molar-refractivity contribution is 7.80. The molecule has 0 saturated heterocycles. The van der Waals surface area contributed by atoms with Gasteiger partial charge < -0.3 is 20.6 Å². The number of aromatic nitrogens is 2. The van der Waals surface area contributed by atoms with Gasteiger partial charge in [0.25, 0.3) is 0 Å². The molecule has 2 aromatic rings. The fourth-order valence-corrected chi connectivity index (χ4v) is 1.72. The first-order valence-corrected chi connectivity index (χ1v) is 5.82. The van der Waals surface area contributed by atoms with Gasteiger partial charge in [0.1, 0.15) is 0 Å². The van der Waals surface area contributed by atoms with Crippen molar-refractivity contribution in [3.05, 3.63) is 28.7 Å². The summed E-state index contributed by atoms with van der Waals surface area (Å²) in [4.78, 5) is 27.5. The van der Waals surface area contributed by atoms with Crippen molar-refractivity contribution in [1.82, 2.24) is 15.3 Å². The molecule has 2 rings (SSSR count). The van der Waals surface area contributed by atoms with Crippen molar-refractivity contribution in [2.75, 3.05) is 5.32 Å². The van der Waals surface area contributed by atoms with Gasteiger partial charge in [-0.1, -0.05) is 6.92 Å². The van der Waals surface area contributed by atoms with E-state index in [2.05, 4.69) is 20.6 Å². The molecule has 4 N–H and O–H groups in total. The number of amides is 1. The number of aromatic amines is 2. The number of rotatable bonds is 2. The Morgan fingerprint density at radius 2 is 2.06 bits per heavy atom. The second-order valence-corrected chi connectivity index (χ2v) is 4.10. The summed E-state index contributed by atoms with van der Waals surface area (Å²) in [6, 6.07) is 5.24. The third-order valence-corrected chi connectivity index (χ3v) is 2.55. The zero-order valence-electron chi connectivity index (χ0n) is 9.66. The fourth-order valence-electron chi connectivity index (χ4n) is 1.49. The highest BCUT2D eigenvalue weighted by Gasteiger charge is 2.04. The molecule has 0 atom stereocenters. The number of hydrogen-bond acceptors (Lipinski definition) is 3. The molecule has 0 aliphatic carbocycles. The summed E-state index contributed by atoms with van der Waals surface area (Å²) < 4.78 is 0. The second kappa shape index (κ2) is 5.01. The molecule has 0 bridgehead atoms. The van der Waals surface area contributed by atoms with Crippen LogP contribution in [0.25, 0.3) is 11.0 Å². The molecule has 7 heteroatoms. The van der Waals surface area contributed by atoms with Crippen molar-refractivity contribution >= 4 is 40.0 Å². The lowest BCUT2D eigenvalue weighted by Crippen LogP contribution is -2.33. The van der Waals surface area contributed by atoms with Crippen molar-refractivity contribution < 1.29 is 4.79 Å². The Bertz CT molecular complexity index is 658. The van der Waals surface area contributed by atoms with Gasteiger partial charge in [-0.3, -0.25) is 4.79 Å². The van der Waals surface area contributed by atoms with E-state index < -0.39 is 0 Å². The predicted octanol–water partition coefficient (Wildman–Crippen LogP) is 1.08. The minimum absolute atomic E-state index is 0.149. The molecule has 0 saturated carbocycles. The molecule has 0 aliphatic rings. The summed E-state index contributed by atoms with van der Waals surface area (Å²) in [6.45, 7) is 1.74. The smallest absolute Gasteiger partial charge is 0.323 e. The normalized spacial score (nSPS) is 10.3. The van der Waals surface area contributed by atoms with Crippen molar-refractivity contribution in [2.24, 2.45) is 0 Å². The van der Waals surface area contributed by atoms with Gasteiger partial charge in [0, 0.05) is 12.1 Å². The van der Waals surface area contributed by atoms with Crippen LogP contribution in [0.5, 0.6) is 0 Å². The molecule has 1 aromatic carbocycles. The Kier molecular flexibility index (Phi) is 3.42. The summed E-state index contributed by atoms with van der Waals surface area (Å²) in [7, 11) is 0. The third-order valence-electron chi connectivity index (χ3n) is 2.35. The molecule has 18 heavy (non-hydrogen) atoms. The van der Waals surface area contributed by atoms with Crippen molar-refractivity contribution in [2.45, 2.75) is 13.3 Å². The van der Waals surface area contributed by atoms with Gasteiger partial charge in [-0.15, -0.1) is 0 Å². The van der Waals surface area contributed by atoms with Gasteiger partial charge in [0.15, 0.2) is 5.11 Å². The van der Waals surface area contributed by atoms with E-state index in [-0.39, 0.29) is 16.7 Å². The molecule has 0 spiro atoms. The second-order valence-electron chi connectivity index (χ2n) is 3.70. The number of hydrogen-bond donors (Lipinski definition) is 4. The van der Waals surface area contributed by atoms with Crippen LogP contribution in [0.4, 0.5) is 5.69 Å². The number of H-pyrrole nitrogens is 2. The number of anilines is 1. The molecule has 1 heterocycles. The maximum Gasteiger partial charge on any atom is 0.323 e. The van der Waals surface area contributed by atoms with Gasteiger partial charge in [-0.05, 0) is 30.4 Å². The third kappa shape index (κ3) is 2.75. The first-order valence-electron chi connectivity index (χ1n) is 5.41. The Morgan fingerprint density at radius 1 is 1.33 bits per heavy atom. The number of carbonyl (C=O) groups is 1. The van der Waals surface area contributed by atoms with Gasteiger partial charge in [0.2, 0.25) is 5.91 Å². The molecule has 1 amide bonds. The van der Waals surface area contributed by atoms with Crippen molar-refractivity contribution in [1.29, 1.82) is 0 Å². The first-order chi connectivity index (χ1) is 8.58. The van der Waals surface area contributed by atoms with Gasteiger partial charge in [-0.25, -0.2) is 4.79 Å². The molecular weight excluding hydrogens is 252 g/mol. The lowest BCUT2D eigenvalue weighted by Gasteiger charge is -2.08. The number of nitrogens with one attached hydrogen (secondary N) is 4. The maximum atomic E-state index is 11.1. The Labute approximate surface area is 108 Å². The lowest BCUT2D eigenvalue weighted by atomic mass is 10.3. The topological polar surface area (TPSA) is 89.8 Å². The van der Waals surface area contributed by atoms with Crippen LogP contribution in [-0.4, -0.2) is 21.0 Å². The lowest BCUT2D eigenvalue weighted by molar-refractivity contribution is -0.119. The van der Waals surface area contributed by atoms with Crippen LogP contribution in [0.1, 0.15) is 13.3 Å². The summed E-state index contributed by atoms with van der Waals surface area (Å²) in [6.07, 6.45) is 0.367. The minimum Gasteiger partial charge on any atom is -0.332 e. The minimum atomic E-state index is -0.260. The van der Waals surface area contributed by atoms with E-state index in [4.69, 9.17) is 12.2 Å².